The van der Waals surface area contributed by atoms with Crippen molar-refractivity contribution in [2.75, 3.05) is 0 Å². The molecule has 2 aromatic heterocycles. The third-order valence-electron chi connectivity index (χ3n) is 12.3. The quantitative estimate of drug-likeness (QED) is 0.169. The lowest BCUT2D eigenvalue weighted by Gasteiger charge is -2.15. The van der Waals surface area contributed by atoms with Crippen LogP contribution in [0.4, 0.5) is 0 Å². The van der Waals surface area contributed by atoms with E-state index in [1.807, 2.05) is 18.2 Å². The fraction of sp³-hybridized carbons (Fsp3) is 0.0536. The Kier molecular flexibility index (Phi) is 8.02. The summed E-state index contributed by atoms with van der Waals surface area (Å²) in [4.78, 5) is 15.5. The van der Waals surface area contributed by atoms with Gasteiger partial charge in [-0.2, -0.15) is 0 Å². The molecule has 1 atom stereocenters. The standard InChI is InChI=1S/C56H37N3O/c1-3-11-35(12-4-1)36-19-23-39(24-20-36)50-33-45(34-51-52(50)49-30-27-38-13-7-10-18-48(38)53(49)60-51)56-58-54(40-14-5-2-6-15-40)57-55(59-56)41-25-21-37(22-26-41)42-28-29-47-44(31-42)32-43-16-8-9-17-46(43)47/h1-11,13-31,33-35H,12,32H2. The maximum Gasteiger partial charge on any atom is 0.164 e. The molecule has 0 saturated carbocycles. The minimum absolute atomic E-state index is 0.372. The lowest BCUT2D eigenvalue weighted by atomic mass is 9.90. The van der Waals surface area contributed by atoms with Crippen molar-refractivity contribution >= 4 is 32.7 Å². The predicted molar refractivity (Wildman–Crippen MR) is 246 cm³/mol. The highest BCUT2D eigenvalue weighted by molar-refractivity contribution is 6.19. The van der Waals surface area contributed by atoms with Crippen LogP contribution < -0.4 is 0 Å². The first-order chi connectivity index (χ1) is 29.7. The van der Waals surface area contributed by atoms with Gasteiger partial charge in [-0.25, -0.2) is 15.0 Å². The molecule has 0 fully saturated rings. The number of rotatable bonds is 6. The molecule has 0 radical (unpaired) electrons. The minimum Gasteiger partial charge on any atom is -0.455 e. The fourth-order valence-corrected chi connectivity index (χ4v) is 9.21. The van der Waals surface area contributed by atoms with E-state index in [9.17, 15) is 0 Å². The predicted octanol–water partition coefficient (Wildman–Crippen LogP) is 14.4. The molecule has 0 bridgehead atoms. The van der Waals surface area contributed by atoms with Gasteiger partial charge in [0.2, 0.25) is 0 Å². The zero-order valence-corrected chi connectivity index (χ0v) is 32.7. The Hall–Kier alpha value is -7.69. The Bertz CT molecular complexity index is 3360. The molecule has 12 rings (SSSR count). The van der Waals surface area contributed by atoms with Crippen LogP contribution in [0.1, 0.15) is 29.0 Å². The second-order valence-electron chi connectivity index (χ2n) is 15.9. The summed E-state index contributed by atoms with van der Waals surface area (Å²) in [6.45, 7) is 0. The zero-order valence-electron chi connectivity index (χ0n) is 32.7. The van der Waals surface area contributed by atoms with Gasteiger partial charge in [0.05, 0.1) is 0 Å². The van der Waals surface area contributed by atoms with Gasteiger partial charge in [0.25, 0.3) is 0 Å². The molecule has 0 aliphatic heterocycles. The van der Waals surface area contributed by atoms with Crippen LogP contribution in [0.3, 0.4) is 0 Å². The summed E-state index contributed by atoms with van der Waals surface area (Å²) >= 11 is 0. The molecule has 2 aliphatic carbocycles. The molecule has 2 aliphatic rings. The Morgan fingerprint density at radius 1 is 0.450 bits per heavy atom. The van der Waals surface area contributed by atoms with Gasteiger partial charge in [0.15, 0.2) is 17.5 Å². The van der Waals surface area contributed by atoms with Gasteiger partial charge in [-0.1, -0.05) is 176 Å². The van der Waals surface area contributed by atoms with Gasteiger partial charge < -0.3 is 4.42 Å². The maximum absolute atomic E-state index is 6.85. The van der Waals surface area contributed by atoms with E-state index in [0.717, 1.165) is 78.9 Å². The fourth-order valence-electron chi connectivity index (χ4n) is 9.21. The van der Waals surface area contributed by atoms with Crippen molar-refractivity contribution < 1.29 is 4.42 Å². The minimum atomic E-state index is 0.372. The molecule has 4 nitrogen and oxygen atoms in total. The summed E-state index contributed by atoms with van der Waals surface area (Å²) in [5, 5.41) is 4.40. The zero-order chi connectivity index (χ0) is 39.6. The van der Waals surface area contributed by atoms with Crippen LogP contribution in [0, 0.1) is 0 Å². The van der Waals surface area contributed by atoms with E-state index in [-0.39, 0.29) is 0 Å². The number of nitrogens with zero attached hydrogens (tertiary/aromatic N) is 3. The van der Waals surface area contributed by atoms with Gasteiger partial charge in [0, 0.05) is 38.8 Å². The third-order valence-corrected chi connectivity index (χ3v) is 12.3. The van der Waals surface area contributed by atoms with Gasteiger partial charge >= 0.3 is 0 Å². The molecule has 60 heavy (non-hydrogen) atoms. The number of hydrogen-bond acceptors (Lipinski definition) is 4. The highest BCUT2D eigenvalue weighted by atomic mass is 16.3. The first kappa shape index (κ1) is 34.4. The van der Waals surface area contributed by atoms with Crippen molar-refractivity contribution in [1.82, 2.24) is 15.0 Å². The molecule has 1 unspecified atom stereocenters. The van der Waals surface area contributed by atoms with Crippen LogP contribution in [-0.4, -0.2) is 15.0 Å². The number of furan rings is 1. The topological polar surface area (TPSA) is 51.8 Å². The average Bonchev–Trinajstić information content (AvgIpc) is 3.90. The number of allylic oxidation sites excluding steroid dienone is 4. The van der Waals surface area contributed by atoms with Crippen molar-refractivity contribution in [2.24, 2.45) is 0 Å². The van der Waals surface area contributed by atoms with E-state index < -0.39 is 0 Å². The largest absolute Gasteiger partial charge is 0.455 e. The van der Waals surface area contributed by atoms with Crippen LogP contribution in [0.15, 0.2) is 199 Å². The van der Waals surface area contributed by atoms with E-state index >= 15 is 0 Å². The van der Waals surface area contributed by atoms with E-state index in [2.05, 4.69) is 176 Å². The number of aromatic nitrogens is 3. The van der Waals surface area contributed by atoms with Crippen LogP contribution in [0.5, 0.6) is 0 Å². The van der Waals surface area contributed by atoms with Crippen molar-refractivity contribution in [1.29, 1.82) is 0 Å². The highest BCUT2D eigenvalue weighted by Crippen LogP contribution is 2.43. The van der Waals surface area contributed by atoms with Gasteiger partial charge in [-0.05, 0) is 86.5 Å². The second-order valence-corrected chi connectivity index (χ2v) is 15.9. The number of benzene rings is 8. The van der Waals surface area contributed by atoms with Crippen molar-refractivity contribution in [3.63, 3.8) is 0 Å². The van der Waals surface area contributed by atoms with E-state index in [0.29, 0.717) is 23.4 Å². The van der Waals surface area contributed by atoms with Crippen molar-refractivity contribution in [2.45, 2.75) is 18.8 Å². The van der Waals surface area contributed by atoms with Gasteiger partial charge in [0.1, 0.15) is 11.2 Å². The summed E-state index contributed by atoms with van der Waals surface area (Å²) in [5.74, 6) is 2.20. The third kappa shape index (κ3) is 5.87. The summed E-state index contributed by atoms with van der Waals surface area (Å²) < 4.78 is 6.85. The molecular weight excluding hydrogens is 731 g/mol. The van der Waals surface area contributed by atoms with Gasteiger partial charge in [-0.3, -0.25) is 0 Å². The molecule has 0 N–H and O–H groups in total. The Balaban J connectivity index is 0.994. The molecule has 0 amide bonds. The lowest BCUT2D eigenvalue weighted by molar-refractivity contribution is 0.673. The molecular formula is C56H37N3O. The molecule has 0 saturated heterocycles. The van der Waals surface area contributed by atoms with E-state index in [4.69, 9.17) is 19.4 Å². The summed E-state index contributed by atoms with van der Waals surface area (Å²) in [6, 6.07) is 60.5. The summed E-state index contributed by atoms with van der Waals surface area (Å²) in [6.07, 6.45) is 10.8. The second kappa shape index (κ2) is 14.0. The van der Waals surface area contributed by atoms with Crippen molar-refractivity contribution in [3.05, 3.63) is 211 Å². The Morgan fingerprint density at radius 2 is 1.13 bits per heavy atom. The first-order valence-corrected chi connectivity index (χ1v) is 20.7. The Labute approximate surface area is 347 Å². The normalized spacial score (nSPS) is 14.2. The maximum atomic E-state index is 6.85. The summed E-state index contributed by atoms with van der Waals surface area (Å²) in [7, 11) is 0. The van der Waals surface area contributed by atoms with Crippen LogP contribution in [0.2, 0.25) is 0 Å². The molecule has 0 spiro atoms. The van der Waals surface area contributed by atoms with Crippen molar-refractivity contribution in [3.8, 4) is 67.5 Å². The molecule has 4 heteroatoms. The lowest BCUT2D eigenvalue weighted by Crippen LogP contribution is -2.00. The van der Waals surface area contributed by atoms with Crippen LogP contribution in [-0.2, 0) is 6.42 Å². The SMILES string of the molecule is C1=CCC(c2ccc(-c3cc(-c4nc(-c5ccccc5)nc(-c5ccc(-c6ccc7c(c6)Cc6ccccc6-7)cc5)n4)cc4oc5c6ccccc6ccc5c34)cc2)C=C1. The molecule has 10 aromatic rings. The molecule has 8 aromatic carbocycles. The van der Waals surface area contributed by atoms with Crippen LogP contribution in [0.25, 0.3) is 100 Å². The average molecular weight is 768 g/mol. The monoisotopic (exact) mass is 767 g/mol. The van der Waals surface area contributed by atoms with E-state index in [1.165, 1.54) is 33.4 Å². The molecule has 2 heterocycles. The molecule has 282 valence electrons. The smallest absolute Gasteiger partial charge is 0.164 e. The first-order valence-electron chi connectivity index (χ1n) is 20.7. The highest BCUT2D eigenvalue weighted by Gasteiger charge is 2.21. The number of fused-ring (bicyclic) bond motifs is 8. The summed E-state index contributed by atoms with van der Waals surface area (Å²) in [5.41, 5.74) is 15.7. The Morgan fingerprint density at radius 3 is 1.95 bits per heavy atom. The van der Waals surface area contributed by atoms with Gasteiger partial charge in [-0.15, -0.1) is 0 Å². The van der Waals surface area contributed by atoms with E-state index in [1.54, 1.807) is 0 Å². The van der Waals surface area contributed by atoms with Crippen LogP contribution >= 0.6 is 0 Å². The number of hydrogen-bond donors (Lipinski definition) is 0.